The fourth-order valence-corrected chi connectivity index (χ4v) is 2.92. The summed E-state index contributed by atoms with van der Waals surface area (Å²) in [5, 5.41) is 0. The molecule has 4 heteroatoms. The standard InChI is InChI=1S/C19H35NO3/c1-13(2)11-19(6,12-21)10-9-15(5)18(23)16(20)7-8-17(22)14(3)4/h12-16H,7-11,20H2,1-6H3. The third-order valence-electron chi connectivity index (χ3n) is 4.50. The van der Waals surface area contributed by atoms with Crippen molar-refractivity contribution in [2.45, 2.75) is 79.7 Å². The van der Waals surface area contributed by atoms with Gasteiger partial charge in [-0.05, 0) is 31.6 Å². The van der Waals surface area contributed by atoms with E-state index in [9.17, 15) is 14.4 Å². The molecule has 2 N–H and O–H groups in total. The Morgan fingerprint density at radius 2 is 1.65 bits per heavy atom. The Bertz CT molecular complexity index is 403. The highest BCUT2D eigenvalue weighted by atomic mass is 16.1. The predicted octanol–water partition coefficient (Wildman–Crippen LogP) is 3.56. The van der Waals surface area contributed by atoms with Crippen molar-refractivity contribution in [3.63, 3.8) is 0 Å². The summed E-state index contributed by atoms with van der Waals surface area (Å²) in [6, 6.07) is -0.583. The Morgan fingerprint density at radius 1 is 1.09 bits per heavy atom. The summed E-state index contributed by atoms with van der Waals surface area (Å²) < 4.78 is 0. The van der Waals surface area contributed by atoms with Crippen molar-refractivity contribution in [3.05, 3.63) is 0 Å². The molecule has 0 saturated carbocycles. The summed E-state index contributed by atoms with van der Waals surface area (Å²) in [6.07, 6.45) is 3.97. The van der Waals surface area contributed by atoms with E-state index in [-0.39, 0.29) is 28.8 Å². The molecule has 4 nitrogen and oxygen atoms in total. The van der Waals surface area contributed by atoms with E-state index in [4.69, 9.17) is 5.73 Å². The van der Waals surface area contributed by atoms with E-state index in [2.05, 4.69) is 13.8 Å². The normalized spacial score (nSPS) is 16.9. The van der Waals surface area contributed by atoms with Gasteiger partial charge in [-0.3, -0.25) is 9.59 Å². The molecule has 0 amide bonds. The lowest BCUT2D eigenvalue weighted by Gasteiger charge is -2.27. The van der Waals surface area contributed by atoms with Crippen molar-refractivity contribution in [2.75, 3.05) is 0 Å². The van der Waals surface area contributed by atoms with Crippen LogP contribution in [0.2, 0.25) is 0 Å². The summed E-state index contributed by atoms with van der Waals surface area (Å²) in [4.78, 5) is 35.3. The van der Waals surface area contributed by atoms with Crippen LogP contribution in [-0.4, -0.2) is 23.9 Å². The maximum Gasteiger partial charge on any atom is 0.152 e. The molecule has 0 heterocycles. The Balaban J connectivity index is 4.43. The van der Waals surface area contributed by atoms with Crippen LogP contribution in [0.5, 0.6) is 0 Å². The molecule has 23 heavy (non-hydrogen) atoms. The summed E-state index contributed by atoms with van der Waals surface area (Å²) in [6.45, 7) is 11.7. The van der Waals surface area contributed by atoms with E-state index in [0.29, 0.717) is 31.6 Å². The highest BCUT2D eigenvalue weighted by molar-refractivity contribution is 5.87. The summed E-state index contributed by atoms with van der Waals surface area (Å²) in [5.74, 6) is 0.399. The van der Waals surface area contributed by atoms with Gasteiger partial charge >= 0.3 is 0 Å². The van der Waals surface area contributed by atoms with Crippen LogP contribution >= 0.6 is 0 Å². The topological polar surface area (TPSA) is 77.2 Å². The van der Waals surface area contributed by atoms with Crippen molar-refractivity contribution in [1.29, 1.82) is 0 Å². The van der Waals surface area contributed by atoms with Crippen LogP contribution in [0.3, 0.4) is 0 Å². The molecule has 0 bridgehead atoms. The summed E-state index contributed by atoms with van der Waals surface area (Å²) in [7, 11) is 0. The molecule has 0 saturated heterocycles. The maximum absolute atomic E-state index is 12.3. The number of rotatable bonds is 12. The molecule has 0 aromatic rings. The SMILES string of the molecule is CC(C)CC(C)(C=O)CCC(C)C(=O)C(N)CCC(=O)C(C)C. The minimum atomic E-state index is -0.583. The molecule has 0 aromatic carbocycles. The van der Waals surface area contributed by atoms with Crippen LogP contribution in [0.25, 0.3) is 0 Å². The highest BCUT2D eigenvalue weighted by Gasteiger charge is 2.28. The molecule has 134 valence electrons. The molecular formula is C19H35NO3. The Labute approximate surface area is 141 Å². The monoisotopic (exact) mass is 325 g/mol. The maximum atomic E-state index is 12.3. The Kier molecular flexibility index (Phi) is 9.52. The van der Waals surface area contributed by atoms with E-state index in [1.165, 1.54) is 0 Å². The number of aldehydes is 1. The summed E-state index contributed by atoms with van der Waals surface area (Å²) in [5.41, 5.74) is 5.57. The van der Waals surface area contributed by atoms with Crippen molar-refractivity contribution < 1.29 is 14.4 Å². The number of hydrogen-bond donors (Lipinski definition) is 1. The first-order valence-corrected chi connectivity index (χ1v) is 8.80. The second kappa shape index (κ2) is 9.96. The smallest absolute Gasteiger partial charge is 0.152 e. The van der Waals surface area contributed by atoms with Gasteiger partial charge in [-0.25, -0.2) is 0 Å². The van der Waals surface area contributed by atoms with Gasteiger partial charge in [-0.15, -0.1) is 0 Å². The van der Waals surface area contributed by atoms with Crippen LogP contribution in [-0.2, 0) is 14.4 Å². The molecule has 0 rings (SSSR count). The van der Waals surface area contributed by atoms with Gasteiger partial charge < -0.3 is 10.5 Å². The van der Waals surface area contributed by atoms with Crippen LogP contribution in [0.1, 0.15) is 73.6 Å². The van der Waals surface area contributed by atoms with Gasteiger partial charge in [0.1, 0.15) is 12.1 Å². The average molecular weight is 325 g/mol. The fraction of sp³-hybridized carbons (Fsp3) is 0.842. The Hall–Kier alpha value is -1.03. The molecule has 0 aliphatic carbocycles. The van der Waals surface area contributed by atoms with Gasteiger partial charge in [0.2, 0.25) is 0 Å². The average Bonchev–Trinajstić information content (AvgIpc) is 2.48. The molecule has 0 spiro atoms. The van der Waals surface area contributed by atoms with Crippen LogP contribution in [0.4, 0.5) is 0 Å². The number of ketones is 2. The molecule has 0 fully saturated rings. The van der Waals surface area contributed by atoms with Crippen molar-refractivity contribution in [2.24, 2.45) is 28.9 Å². The van der Waals surface area contributed by atoms with Crippen molar-refractivity contribution in [3.8, 4) is 0 Å². The lowest BCUT2D eigenvalue weighted by Crippen LogP contribution is -2.36. The van der Waals surface area contributed by atoms with Gasteiger partial charge in [0.15, 0.2) is 5.78 Å². The molecule has 0 radical (unpaired) electrons. The van der Waals surface area contributed by atoms with Crippen LogP contribution in [0.15, 0.2) is 0 Å². The van der Waals surface area contributed by atoms with E-state index in [1.807, 2.05) is 27.7 Å². The lowest BCUT2D eigenvalue weighted by atomic mass is 9.77. The zero-order chi connectivity index (χ0) is 18.2. The van der Waals surface area contributed by atoms with Crippen LogP contribution < -0.4 is 5.73 Å². The third-order valence-corrected chi connectivity index (χ3v) is 4.50. The first-order chi connectivity index (χ1) is 10.5. The minimum absolute atomic E-state index is 0.000600. The second-order valence-electron chi connectivity index (χ2n) is 7.98. The third kappa shape index (κ3) is 8.40. The van der Waals surface area contributed by atoms with E-state index in [1.54, 1.807) is 0 Å². The van der Waals surface area contributed by atoms with E-state index < -0.39 is 6.04 Å². The van der Waals surface area contributed by atoms with Crippen molar-refractivity contribution >= 4 is 17.9 Å². The number of nitrogens with two attached hydrogens (primary N) is 1. The first-order valence-electron chi connectivity index (χ1n) is 8.80. The first kappa shape index (κ1) is 22.0. The fourth-order valence-electron chi connectivity index (χ4n) is 2.92. The zero-order valence-electron chi connectivity index (χ0n) is 15.7. The predicted molar refractivity (Wildman–Crippen MR) is 94.1 cm³/mol. The number of carbonyl (C=O) groups is 3. The second-order valence-corrected chi connectivity index (χ2v) is 7.98. The molecule has 0 aromatic heterocycles. The highest BCUT2D eigenvalue weighted by Crippen LogP contribution is 2.31. The quantitative estimate of drug-likeness (QED) is 0.557. The molecular weight excluding hydrogens is 290 g/mol. The minimum Gasteiger partial charge on any atom is -0.321 e. The van der Waals surface area contributed by atoms with Crippen LogP contribution in [0, 0.1) is 23.2 Å². The van der Waals surface area contributed by atoms with E-state index in [0.717, 1.165) is 12.7 Å². The molecule has 0 aliphatic rings. The largest absolute Gasteiger partial charge is 0.321 e. The van der Waals surface area contributed by atoms with Gasteiger partial charge in [-0.1, -0.05) is 41.5 Å². The number of carbonyl (C=O) groups excluding carboxylic acids is 3. The van der Waals surface area contributed by atoms with Gasteiger partial charge in [0.05, 0.1) is 6.04 Å². The zero-order valence-corrected chi connectivity index (χ0v) is 15.7. The van der Waals surface area contributed by atoms with Gasteiger partial charge in [-0.2, -0.15) is 0 Å². The summed E-state index contributed by atoms with van der Waals surface area (Å²) >= 11 is 0. The molecule has 3 unspecified atom stereocenters. The van der Waals surface area contributed by atoms with E-state index >= 15 is 0 Å². The number of Topliss-reactive ketones (excluding diaryl/α,β-unsaturated/α-hetero) is 2. The lowest BCUT2D eigenvalue weighted by molar-refractivity contribution is -0.125. The molecule has 0 aliphatic heterocycles. The molecule has 3 atom stereocenters. The van der Waals surface area contributed by atoms with Gasteiger partial charge in [0, 0.05) is 23.7 Å². The van der Waals surface area contributed by atoms with Crippen molar-refractivity contribution in [1.82, 2.24) is 0 Å². The number of hydrogen-bond acceptors (Lipinski definition) is 4. The Morgan fingerprint density at radius 3 is 2.09 bits per heavy atom. The van der Waals surface area contributed by atoms with Gasteiger partial charge in [0.25, 0.3) is 0 Å².